The lowest BCUT2D eigenvalue weighted by Gasteiger charge is -2.00. The number of hydrogen-bond acceptors (Lipinski definition) is 2. The fraction of sp³-hybridized carbons (Fsp3) is 0.958. The monoisotopic (exact) mass is 384 g/mol. The molecule has 1 amide bonds. The zero-order valence-corrected chi connectivity index (χ0v) is 18.9. The van der Waals surface area contributed by atoms with Gasteiger partial charge >= 0.3 is 0 Å². The van der Waals surface area contributed by atoms with Gasteiger partial charge in [-0.1, -0.05) is 123 Å². The maximum Gasteiger partial charge on any atom is 0.217 e. The van der Waals surface area contributed by atoms with Crippen LogP contribution in [0.1, 0.15) is 142 Å². The number of carbonyl (C=O) groups excluding carboxylic acids is 1. The molecule has 0 unspecified atom stereocenters. The smallest absolute Gasteiger partial charge is 0.217 e. The Hall–Kier alpha value is -0.570. The second-order valence-corrected chi connectivity index (χ2v) is 8.02. The highest BCUT2D eigenvalue weighted by Crippen LogP contribution is 2.11. The molecule has 0 aromatic rings. The average molecular weight is 385 g/mol. The fourth-order valence-electron chi connectivity index (χ4n) is 3.24. The summed E-state index contributed by atoms with van der Waals surface area (Å²) in [5.41, 5.74) is 10.5. The number of nitrogens with two attached hydrogens (primary N) is 2. The largest absolute Gasteiger partial charge is 0.370 e. The van der Waals surface area contributed by atoms with Gasteiger partial charge in [0.15, 0.2) is 0 Å². The van der Waals surface area contributed by atoms with Crippen LogP contribution in [-0.4, -0.2) is 12.5 Å². The van der Waals surface area contributed by atoms with E-state index in [0.717, 1.165) is 19.4 Å². The van der Waals surface area contributed by atoms with Crippen LogP contribution in [0.4, 0.5) is 0 Å². The first-order valence-electron chi connectivity index (χ1n) is 12.2. The number of hydrogen-bond donors (Lipinski definition) is 2. The molecule has 3 nitrogen and oxygen atoms in total. The third kappa shape index (κ3) is 33.4. The van der Waals surface area contributed by atoms with E-state index in [1.54, 1.807) is 0 Å². The van der Waals surface area contributed by atoms with Crippen molar-refractivity contribution in [1.29, 1.82) is 0 Å². The van der Waals surface area contributed by atoms with Crippen molar-refractivity contribution in [3.05, 3.63) is 0 Å². The summed E-state index contributed by atoms with van der Waals surface area (Å²) < 4.78 is 0. The van der Waals surface area contributed by atoms with Gasteiger partial charge < -0.3 is 11.5 Å². The lowest BCUT2D eigenvalue weighted by atomic mass is 10.1. The highest BCUT2D eigenvalue weighted by atomic mass is 16.1. The predicted molar refractivity (Wildman–Crippen MR) is 122 cm³/mol. The molecular weight excluding hydrogens is 332 g/mol. The van der Waals surface area contributed by atoms with E-state index in [4.69, 9.17) is 11.5 Å². The Morgan fingerprint density at radius 3 is 1.11 bits per heavy atom. The molecule has 0 radical (unpaired) electrons. The standard InChI is InChI=1S/C12H25NO.C12H27N/c1-2-3-4-5-6-7-8-9-10-11-12(13)14;1-2-3-4-5-6-7-8-9-10-11-12-13/h2-11H2,1H3,(H2,13,14);2-13H2,1H3. The summed E-state index contributed by atoms with van der Waals surface area (Å²) >= 11 is 0. The third-order valence-electron chi connectivity index (χ3n) is 5.08. The Kier molecular flexibility index (Phi) is 29.3. The SMILES string of the molecule is CCCCCCCCCCCC(N)=O.CCCCCCCCCCCCN. The second-order valence-electron chi connectivity index (χ2n) is 8.02. The van der Waals surface area contributed by atoms with E-state index in [2.05, 4.69) is 13.8 Å². The Bertz CT molecular complexity index is 259. The van der Waals surface area contributed by atoms with E-state index >= 15 is 0 Å². The van der Waals surface area contributed by atoms with Gasteiger partial charge in [0.05, 0.1) is 0 Å². The number of unbranched alkanes of at least 4 members (excludes halogenated alkanes) is 17. The van der Waals surface area contributed by atoms with E-state index in [1.807, 2.05) is 0 Å². The van der Waals surface area contributed by atoms with E-state index in [1.165, 1.54) is 109 Å². The van der Waals surface area contributed by atoms with Crippen LogP contribution < -0.4 is 11.5 Å². The van der Waals surface area contributed by atoms with Crippen molar-refractivity contribution in [1.82, 2.24) is 0 Å². The molecule has 4 N–H and O–H groups in total. The van der Waals surface area contributed by atoms with Crippen molar-refractivity contribution >= 4 is 5.91 Å². The molecule has 0 aliphatic carbocycles. The Morgan fingerprint density at radius 1 is 0.519 bits per heavy atom. The average Bonchev–Trinajstić information content (AvgIpc) is 2.66. The van der Waals surface area contributed by atoms with Gasteiger partial charge in [-0.3, -0.25) is 4.79 Å². The minimum atomic E-state index is -0.159. The summed E-state index contributed by atoms with van der Waals surface area (Å²) in [4.78, 5) is 10.4. The quantitative estimate of drug-likeness (QED) is 0.217. The first-order valence-corrected chi connectivity index (χ1v) is 12.2. The lowest BCUT2D eigenvalue weighted by molar-refractivity contribution is -0.118. The highest BCUT2D eigenvalue weighted by molar-refractivity contribution is 5.73. The van der Waals surface area contributed by atoms with Crippen LogP contribution in [0, 0.1) is 0 Å². The summed E-state index contributed by atoms with van der Waals surface area (Å²) in [6, 6.07) is 0. The molecule has 164 valence electrons. The lowest BCUT2D eigenvalue weighted by Crippen LogP contribution is -2.09. The number of amides is 1. The Balaban J connectivity index is 0. The van der Waals surface area contributed by atoms with Gasteiger partial charge in [-0.05, 0) is 19.4 Å². The molecule has 0 aromatic heterocycles. The summed E-state index contributed by atoms with van der Waals surface area (Å²) in [5.74, 6) is -0.159. The van der Waals surface area contributed by atoms with E-state index < -0.39 is 0 Å². The first kappa shape index (κ1) is 28.6. The van der Waals surface area contributed by atoms with Crippen molar-refractivity contribution in [3.8, 4) is 0 Å². The summed E-state index contributed by atoms with van der Waals surface area (Å²) in [7, 11) is 0. The number of carbonyl (C=O) groups is 1. The zero-order valence-electron chi connectivity index (χ0n) is 18.9. The second kappa shape index (κ2) is 27.6. The van der Waals surface area contributed by atoms with Gasteiger partial charge in [0, 0.05) is 6.42 Å². The molecule has 0 bridgehead atoms. The molecule has 27 heavy (non-hydrogen) atoms. The molecule has 3 heteroatoms. The molecule has 0 spiro atoms. The number of rotatable bonds is 20. The van der Waals surface area contributed by atoms with Crippen LogP contribution in [-0.2, 0) is 4.79 Å². The fourth-order valence-corrected chi connectivity index (χ4v) is 3.24. The van der Waals surface area contributed by atoms with Crippen LogP contribution in [0.25, 0.3) is 0 Å². The molecular formula is C24H52N2O. The van der Waals surface area contributed by atoms with E-state index in [0.29, 0.717) is 6.42 Å². The summed E-state index contributed by atoms with van der Waals surface area (Å²) in [6.07, 6.45) is 26.0. The van der Waals surface area contributed by atoms with Crippen LogP contribution >= 0.6 is 0 Å². The molecule has 0 aliphatic rings. The van der Waals surface area contributed by atoms with Gasteiger partial charge in [0.1, 0.15) is 0 Å². The summed E-state index contributed by atoms with van der Waals surface area (Å²) in [5, 5.41) is 0. The van der Waals surface area contributed by atoms with Crippen molar-refractivity contribution in [3.63, 3.8) is 0 Å². The molecule has 0 atom stereocenters. The van der Waals surface area contributed by atoms with Gasteiger partial charge in [0.25, 0.3) is 0 Å². The number of primary amides is 1. The molecule has 0 heterocycles. The Morgan fingerprint density at radius 2 is 0.815 bits per heavy atom. The minimum Gasteiger partial charge on any atom is -0.370 e. The van der Waals surface area contributed by atoms with Crippen LogP contribution in [0.5, 0.6) is 0 Å². The zero-order chi connectivity index (χ0) is 20.4. The third-order valence-corrected chi connectivity index (χ3v) is 5.08. The van der Waals surface area contributed by atoms with Crippen molar-refractivity contribution in [2.24, 2.45) is 11.5 Å². The topological polar surface area (TPSA) is 69.1 Å². The van der Waals surface area contributed by atoms with E-state index in [9.17, 15) is 4.79 Å². The molecule has 0 fully saturated rings. The molecule has 0 aromatic carbocycles. The van der Waals surface area contributed by atoms with Gasteiger partial charge in [-0.15, -0.1) is 0 Å². The first-order chi connectivity index (χ1) is 13.2. The summed E-state index contributed by atoms with van der Waals surface area (Å²) in [6.45, 7) is 5.38. The maximum absolute atomic E-state index is 10.4. The van der Waals surface area contributed by atoms with Crippen molar-refractivity contribution in [2.45, 2.75) is 142 Å². The van der Waals surface area contributed by atoms with Gasteiger partial charge in [-0.2, -0.15) is 0 Å². The van der Waals surface area contributed by atoms with Gasteiger partial charge in [0.2, 0.25) is 5.91 Å². The molecule has 0 saturated carbocycles. The highest BCUT2D eigenvalue weighted by Gasteiger charge is 1.95. The van der Waals surface area contributed by atoms with E-state index in [-0.39, 0.29) is 5.91 Å². The van der Waals surface area contributed by atoms with Crippen LogP contribution in [0.15, 0.2) is 0 Å². The van der Waals surface area contributed by atoms with Crippen LogP contribution in [0.3, 0.4) is 0 Å². The minimum absolute atomic E-state index is 0.159. The molecule has 0 rings (SSSR count). The predicted octanol–water partition coefficient (Wildman–Crippen LogP) is 7.26. The molecule has 0 aliphatic heterocycles. The Labute approximate surface area is 171 Å². The normalized spacial score (nSPS) is 10.5. The van der Waals surface area contributed by atoms with Crippen molar-refractivity contribution < 1.29 is 4.79 Å². The maximum atomic E-state index is 10.4. The van der Waals surface area contributed by atoms with Crippen molar-refractivity contribution in [2.75, 3.05) is 6.54 Å². The molecule has 0 saturated heterocycles. The van der Waals surface area contributed by atoms with Crippen LogP contribution in [0.2, 0.25) is 0 Å². The van der Waals surface area contributed by atoms with Gasteiger partial charge in [-0.25, -0.2) is 0 Å².